The number of nitrogens with one attached hydrogen (secondary N) is 3. The van der Waals surface area contributed by atoms with E-state index in [-0.39, 0.29) is 53.1 Å². The summed E-state index contributed by atoms with van der Waals surface area (Å²) < 4.78 is 29.9. The minimum Gasteiger partial charge on any atom is -0.340 e. The zero-order valence-corrected chi connectivity index (χ0v) is 27.4. The molecule has 4 aliphatic rings. The highest BCUT2D eigenvalue weighted by molar-refractivity contribution is 7.91. The molecular formula is C29H38ClN7O6S2. The molecule has 0 bridgehead atoms. The fourth-order valence-electron chi connectivity index (χ4n) is 6.80. The smallest absolute Gasteiger partial charge is 0.315 e. The quantitative estimate of drug-likeness (QED) is 0.358. The summed E-state index contributed by atoms with van der Waals surface area (Å²) in [6.45, 7) is 3.38. The van der Waals surface area contributed by atoms with E-state index < -0.39 is 22.1 Å². The Morgan fingerprint density at radius 3 is 2.69 bits per heavy atom. The van der Waals surface area contributed by atoms with Crippen molar-refractivity contribution in [2.45, 2.75) is 60.5 Å². The van der Waals surface area contributed by atoms with Gasteiger partial charge in [0.25, 0.3) is 10.0 Å². The zero-order chi connectivity index (χ0) is 31.9. The number of benzene rings is 1. The van der Waals surface area contributed by atoms with Gasteiger partial charge in [-0.05, 0) is 61.8 Å². The first-order valence-electron chi connectivity index (χ1n) is 15.3. The Balaban J connectivity index is 1.02. The Bertz CT molecular complexity index is 1600. The van der Waals surface area contributed by atoms with Gasteiger partial charge in [0, 0.05) is 68.1 Å². The molecule has 2 aromatic rings. The van der Waals surface area contributed by atoms with Gasteiger partial charge in [0.2, 0.25) is 17.7 Å². The van der Waals surface area contributed by atoms with Crippen LogP contribution in [0.2, 0.25) is 5.02 Å². The van der Waals surface area contributed by atoms with E-state index in [4.69, 9.17) is 11.6 Å². The monoisotopic (exact) mass is 679 g/mol. The number of urea groups is 1. The van der Waals surface area contributed by atoms with Crippen molar-refractivity contribution in [3.63, 3.8) is 0 Å². The van der Waals surface area contributed by atoms with Crippen LogP contribution in [0.25, 0.3) is 10.1 Å². The van der Waals surface area contributed by atoms with Gasteiger partial charge in [0.1, 0.15) is 16.3 Å². The van der Waals surface area contributed by atoms with Gasteiger partial charge >= 0.3 is 6.03 Å². The molecule has 4 fully saturated rings. The van der Waals surface area contributed by atoms with E-state index in [9.17, 15) is 27.6 Å². The second-order valence-electron chi connectivity index (χ2n) is 12.3. The third-order valence-corrected chi connectivity index (χ3v) is 12.6. The minimum atomic E-state index is -3.95. The minimum absolute atomic E-state index is 0.00577. The highest BCUT2D eigenvalue weighted by Crippen LogP contribution is 2.31. The van der Waals surface area contributed by atoms with Gasteiger partial charge < -0.3 is 25.3 Å². The van der Waals surface area contributed by atoms with Crippen LogP contribution in [0, 0.1) is 0 Å². The van der Waals surface area contributed by atoms with Gasteiger partial charge in [-0.1, -0.05) is 11.6 Å². The van der Waals surface area contributed by atoms with E-state index in [2.05, 4.69) is 20.3 Å². The summed E-state index contributed by atoms with van der Waals surface area (Å²) in [5.74, 6) is -0.636. The number of fused-ring (bicyclic) bond motifs is 1. The van der Waals surface area contributed by atoms with Gasteiger partial charge in [0.05, 0.1) is 6.54 Å². The maximum absolute atomic E-state index is 13.5. The van der Waals surface area contributed by atoms with Crippen LogP contribution in [0.15, 0.2) is 28.5 Å². The molecule has 1 aromatic carbocycles. The molecule has 5 amide bonds. The number of hydrogen-bond donors (Lipinski definition) is 3. The fraction of sp³-hybridized carbons (Fsp3) is 0.586. The van der Waals surface area contributed by atoms with Gasteiger partial charge in [0.15, 0.2) is 0 Å². The molecule has 2 unspecified atom stereocenters. The van der Waals surface area contributed by atoms with Crippen molar-refractivity contribution in [1.82, 2.24) is 35.0 Å². The number of likely N-dealkylation sites (tertiary alicyclic amines) is 3. The first-order valence-corrected chi connectivity index (χ1v) is 18.0. The zero-order valence-electron chi connectivity index (χ0n) is 25.0. The molecule has 45 heavy (non-hydrogen) atoms. The third kappa shape index (κ3) is 6.92. The lowest BCUT2D eigenvalue weighted by Crippen LogP contribution is -2.55. The number of sulfonamides is 1. The van der Waals surface area contributed by atoms with Crippen LogP contribution in [-0.2, 0) is 24.4 Å². The van der Waals surface area contributed by atoms with Crippen LogP contribution in [-0.4, -0.2) is 129 Å². The maximum Gasteiger partial charge on any atom is 0.315 e. The predicted octanol–water partition coefficient (Wildman–Crippen LogP) is 1.03. The molecule has 6 rings (SSSR count). The molecule has 0 radical (unpaired) electrons. The van der Waals surface area contributed by atoms with Crippen LogP contribution in [0.3, 0.4) is 0 Å². The number of halogens is 1. The number of rotatable bonds is 9. The molecule has 16 heteroatoms. The molecule has 13 nitrogen and oxygen atoms in total. The molecule has 4 saturated heterocycles. The lowest BCUT2D eigenvalue weighted by atomic mass is 10.1. The molecule has 0 saturated carbocycles. The molecule has 0 aliphatic carbocycles. The highest BCUT2D eigenvalue weighted by Gasteiger charge is 2.39. The number of hydrogen-bond acceptors (Lipinski definition) is 8. The molecular weight excluding hydrogens is 642 g/mol. The molecule has 3 N–H and O–H groups in total. The van der Waals surface area contributed by atoms with E-state index in [0.717, 1.165) is 47.2 Å². The van der Waals surface area contributed by atoms with Crippen molar-refractivity contribution in [2.75, 3.05) is 52.9 Å². The molecule has 244 valence electrons. The number of nitrogens with zero attached hydrogens (tertiary/aromatic N) is 4. The fourth-order valence-corrected chi connectivity index (χ4v) is 9.60. The lowest BCUT2D eigenvalue weighted by Gasteiger charge is -2.35. The summed E-state index contributed by atoms with van der Waals surface area (Å²) in [6, 6.07) is 4.94. The SMILES string of the molecule is CN(C(=O)C1CNC(=O)N1)C1CCN(C[C@@H]2CCCN2C(=O)CN2CCC[C@H](NS(=O)(=O)c3cc4cc(Cl)ccc4s3)C2=O)C1. The summed E-state index contributed by atoms with van der Waals surface area (Å²) in [5.41, 5.74) is 0. The Kier molecular flexibility index (Phi) is 9.26. The average Bonchev–Trinajstić information content (AvgIpc) is 3.81. The number of likely N-dealkylation sites (N-methyl/N-ethyl adjacent to an activating group) is 1. The Morgan fingerprint density at radius 2 is 1.91 bits per heavy atom. The first-order chi connectivity index (χ1) is 21.5. The van der Waals surface area contributed by atoms with Crippen LogP contribution < -0.4 is 15.4 Å². The van der Waals surface area contributed by atoms with E-state index in [1.807, 2.05) is 4.90 Å². The lowest BCUT2D eigenvalue weighted by molar-refractivity contribution is -0.143. The van der Waals surface area contributed by atoms with Crippen LogP contribution in [0.5, 0.6) is 0 Å². The van der Waals surface area contributed by atoms with Crippen LogP contribution in [0.4, 0.5) is 4.79 Å². The van der Waals surface area contributed by atoms with Gasteiger partial charge in [-0.15, -0.1) is 11.3 Å². The van der Waals surface area contributed by atoms with Crippen LogP contribution in [0.1, 0.15) is 32.1 Å². The third-order valence-electron chi connectivity index (χ3n) is 9.25. The summed E-state index contributed by atoms with van der Waals surface area (Å²) in [4.78, 5) is 58.5. The number of thiophene rings is 1. The van der Waals surface area contributed by atoms with Crippen molar-refractivity contribution >= 4 is 66.8 Å². The van der Waals surface area contributed by atoms with E-state index >= 15 is 0 Å². The van der Waals surface area contributed by atoms with Crippen molar-refractivity contribution < 1.29 is 27.6 Å². The van der Waals surface area contributed by atoms with Gasteiger partial charge in [-0.25, -0.2) is 13.2 Å². The van der Waals surface area contributed by atoms with Gasteiger partial charge in [-0.2, -0.15) is 4.72 Å². The Morgan fingerprint density at radius 1 is 1.11 bits per heavy atom. The summed E-state index contributed by atoms with van der Waals surface area (Å²) in [6.07, 6.45) is 3.49. The topological polar surface area (TPSA) is 151 Å². The van der Waals surface area contributed by atoms with Gasteiger partial charge in [-0.3, -0.25) is 19.3 Å². The van der Waals surface area contributed by atoms with Crippen molar-refractivity contribution in [2.24, 2.45) is 0 Å². The number of carbonyl (C=O) groups is 4. The average molecular weight is 680 g/mol. The standard InChI is InChI=1S/C29H38ClN7O6S2/c1-34(27(39)23-14-31-29(41)32-23)20-8-11-35(15-20)16-21-4-2-10-37(21)25(38)17-36-9-3-5-22(28(36)40)33-45(42,43)26-13-18-12-19(30)6-7-24(18)44-26/h6-7,12-13,20-23,33H,2-5,8-11,14-17H2,1H3,(H2,31,32,41)/t20?,21-,22-,23?/m0/s1. The van der Waals surface area contributed by atoms with Crippen molar-refractivity contribution in [3.8, 4) is 0 Å². The second kappa shape index (κ2) is 13.0. The number of carbonyl (C=O) groups excluding carboxylic acids is 4. The molecule has 1 aromatic heterocycles. The first kappa shape index (κ1) is 32.0. The van der Waals surface area contributed by atoms with Crippen molar-refractivity contribution in [1.29, 1.82) is 0 Å². The predicted molar refractivity (Wildman–Crippen MR) is 169 cm³/mol. The Labute approximate surface area is 271 Å². The number of amides is 5. The molecule has 0 spiro atoms. The molecule has 4 aliphatic heterocycles. The van der Waals surface area contributed by atoms with E-state index in [1.165, 1.54) is 4.90 Å². The van der Waals surface area contributed by atoms with E-state index in [0.29, 0.717) is 44.0 Å². The highest BCUT2D eigenvalue weighted by atomic mass is 35.5. The van der Waals surface area contributed by atoms with Crippen LogP contribution >= 0.6 is 22.9 Å². The normalized spacial score (nSPS) is 26.0. The second-order valence-corrected chi connectivity index (χ2v) is 15.7. The Hall–Kier alpha value is -2.98. The van der Waals surface area contributed by atoms with Crippen molar-refractivity contribution in [3.05, 3.63) is 29.3 Å². The summed E-state index contributed by atoms with van der Waals surface area (Å²) in [7, 11) is -2.18. The largest absolute Gasteiger partial charge is 0.340 e. The maximum atomic E-state index is 13.5. The summed E-state index contributed by atoms with van der Waals surface area (Å²) >= 11 is 7.17. The summed E-state index contributed by atoms with van der Waals surface area (Å²) in [5, 5.41) is 6.50. The molecule has 5 heterocycles. The molecule has 4 atom stereocenters. The van der Waals surface area contributed by atoms with E-state index in [1.54, 1.807) is 36.2 Å². The number of piperidine rings is 1.